The molecule has 160 valence electrons. The van der Waals surface area contributed by atoms with Crippen LogP contribution in [0.4, 0.5) is 12.0 Å². The van der Waals surface area contributed by atoms with Gasteiger partial charge in [-0.1, -0.05) is 56.6 Å². The van der Waals surface area contributed by atoms with E-state index in [0.29, 0.717) is 11.8 Å². The summed E-state index contributed by atoms with van der Waals surface area (Å²) in [6.45, 7) is 7.76. The lowest BCUT2D eigenvalue weighted by molar-refractivity contribution is 0.143. The summed E-state index contributed by atoms with van der Waals surface area (Å²) in [5, 5.41) is 13.8. The van der Waals surface area contributed by atoms with Crippen LogP contribution in [0.3, 0.4) is 0 Å². The first-order valence-electron chi connectivity index (χ1n) is 10.5. The van der Waals surface area contributed by atoms with E-state index in [4.69, 9.17) is 10.3 Å². The van der Waals surface area contributed by atoms with Crippen molar-refractivity contribution in [3.05, 3.63) is 48.0 Å². The van der Waals surface area contributed by atoms with Gasteiger partial charge in [0.1, 0.15) is 0 Å². The molecule has 0 unspecified atom stereocenters. The maximum absolute atomic E-state index is 9.63. The number of piperidine rings is 1. The Balaban J connectivity index is 0.000000806. The van der Waals surface area contributed by atoms with Gasteiger partial charge in [0, 0.05) is 37.0 Å². The number of nitrogens with zero attached hydrogens (tertiary/aromatic N) is 5. The second-order valence-electron chi connectivity index (χ2n) is 7.53. The molecule has 0 aliphatic carbocycles. The van der Waals surface area contributed by atoms with Crippen molar-refractivity contribution in [2.45, 2.75) is 52.1 Å². The minimum atomic E-state index is -0.229. The predicted octanol–water partition coefficient (Wildman–Crippen LogP) is 3.64. The lowest BCUT2D eigenvalue weighted by atomic mass is 9.98. The van der Waals surface area contributed by atoms with Crippen LogP contribution in [0.25, 0.3) is 11.1 Å². The van der Waals surface area contributed by atoms with Gasteiger partial charge in [-0.15, -0.1) is 0 Å². The van der Waals surface area contributed by atoms with Gasteiger partial charge in [-0.2, -0.15) is 4.98 Å². The number of nitrogens with two attached hydrogens (primary N) is 1. The van der Waals surface area contributed by atoms with E-state index in [-0.39, 0.29) is 18.0 Å². The molecule has 1 atom stereocenters. The number of rotatable bonds is 4. The van der Waals surface area contributed by atoms with Crippen molar-refractivity contribution in [2.24, 2.45) is 0 Å². The summed E-state index contributed by atoms with van der Waals surface area (Å²) in [5.41, 5.74) is 8.56. The number of aliphatic hydroxyl groups is 1. The summed E-state index contributed by atoms with van der Waals surface area (Å²) < 4.78 is 5.44. The number of hydrogen-bond acceptors (Lipinski definition) is 8. The maximum Gasteiger partial charge on any atom is 0.324 e. The number of nitrogen functional groups attached to an aromatic ring is 1. The fourth-order valence-electron chi connectivity index (χ4n) is 3.19. The molecule has 0 saturated carbocycles. The van der Waals surface area contributed by atoms with Crippen molar-refractivity contribution in [3.63, 3.8) is 0 Å². The first-order valence-corrected chi connectivity index (χ1v) is 10.5. The molecular weight excluding hydrogens is 380 g/mol. The molecule has 8 nitrogen and oxygen atoms in total. The van der Waals surface area contributed by atoms with Crippen LogP contribution in [0.15, 0.2) is 41.2 Å². The third-order valence-electron chi connectivity index (χ3n) is 4.97. The monoisotopic (exact) mass is 410 g/mol. The third kappa shape index (κ3) is 5.33. The van der Waals surface area contributed by atoms with Crippen molar-refractivity contribution in [1.29, 1.82) is 0 Å². The van der Waals surface area contributed by atoms with Crippen LogP contribution in [0, 0.1) is 0 Å². The van der Waals surface area contributed by atoms with Gasteiger partial charge in [-0.3, -0.25) is 0 Å². The van der Waals surface area contributed by atoms with Gasteiger partial charge in [0.15, 0.2) is 5.82 Å². The Morgan fingerprint density at radius 1 is 1.10 bits per heavy atom. The molecule has 3 heterocycles. The summed E-state index contributed by atoms with van der Waals surface area (Å²) in [6.07, 6.45) is 5.89. The van der Waals surface area contributed by atoms with E-state index in [2.05, 4.69) is 40.9 Å². The Morgan fingerprint density at radius 3 is 2.30 bits per heavy atom. The van der Waals surface area contributed by atoms with Crippen LogP contribution in [0.2, 0.25) is 0 Å². The second-order valence-corrected chi connectivity index (χ2v) is 7.53. The highest BCUT2D eigenvalue weighted by molar-refractivity contribution is 5.62. The Bertz CT molecular complexity index is 902. The molecular formula is C22H30N6O2. The van der Waals surface area contributed by atoms with Crippen LogP contribution >= 0.6 is 0 Å². The zero-order valence-electron chi connectivity index (χ0n) is 17.8. The quantitative estimate of drug-likeness (QED) is 0.670. The Hall–Kier alpha value is -3.00. The average molecular weight is 411 g/mol. The van der Waals surface area contributed by atoms with Gasteiger partial charge in [-0.25, -0.2) is 9.97 Å². The van der Waals surface area contributed by atoms with E-state index in [1.807, 2.05) is 29.2 Å². The third-order valence-corrected chi connectivity index (χ3v) is 4.97. The van der Waals surface area contributed by atoms with E-state index < -0.39 is 0 Å². The molecule has 1 fully saturated rings. The van der Waals surface area contributed by atoms with Crippen LogP contribution in [0.1, 0.15) is 57.3 Å². The Labute approximate surface area is 177 Å². The van der Waals surface area contributed by atoms with Crippen molar-refractivity contribution < 1.29 is 9.63 Å². The van der Waals surface area contributed by atoms with E-state index in [1.165, 1.54) is 6.42 Å². The molecule has 3 aromatic rings. The zero-order valence-corrected chi connectivity index (χ0v) is 17.8. The molecule has 1 saturated heterocycles. The van der Waals surface area contributed by atoms with Crippen LogP contribution < -0.4 is 10.6 Å². The van der Waals surface area contributed by atoms with Gasteiger partial charge in [0.2, 0.25) is 5.95 Å². The molecule has 4 rings (SSSR count). The Morgan fingerprint density at radius 2 is 1.70 bits per heavy atom. The molecule has 8 heteroatoms. The van der Waals surface area contributed by atoms with Crippen molar-refractivity contribution in [2.75, 3.05) is 23.7 Å². The minimum Gasteiger partial charge on any atom is -0.393 e. The van der Waals surface area contributed by atoms with Gasteiger partial charge in [0.25, 0.3) is 0 Å². The normalized spacial score (nSPS) is 15.4. The molecule has 0 amide bonds. The highest BCUT2D eigenvalue weighted by Gasteiger charge is 2.23. The van der Waals surface area contributed by atoms with Gasteiger partial charge in [0.05, 0.1) is 6.10 Å². The summed E-state index contributed by atoms with van der Waals surface area (Å²) in [6, 6.07) is 8.66. The average Bonchev–Trinajstić information content (AvgIpc) is 3.25. The smallest absolute Gasteiger partial charge is 0.324 e. The summed E-state index contributed by atoms with van der Waals surface area (Å²) in [5.74, 6) is 0.925. The highest BCUT2D eigenvalue weighted by atomic mass is 16.5. The molecule has 1 aromatic carbocycles. The molecule has 30 heavy (non-hydrogen) atoms. The second kappa shape index (κ2) is 10.2. The first kappa shape index (κ1) is 21.7. The fourth-order valence-corrected chi connectivity index (χ4v) is 3.19. The standard InChI is InChI=1S/C19H22N6O2.C3H8/c1-12(17-23-19(27-24-17)25-8-6-16(26)7-9-25)13-2-4-14(5-3-13)15-10-21-18(20)22-11-15;1-3-2/h2-5,10-12,16,26H,6-9H2,1H3,(H2,20,21,22);3H2,1-2H3/t12-;/m1./s1. The van der Waals surface area contributed by atoms with Crippen molar-refractivity contribution in [3.8, 4) is 11.1 Å². The first-order chi connectivity index (χ1) is 14.5. The molecule has 1 aliphatic rings. The van der Waals surface area contributed by atoms with E-state index >= 15 is 0 Å². The van der Waals surface area contributed by atoms with E-state index in [0.717, 1.165) is 42.6 Å². The molecule has 2 aromatic heterocycles. The molecule has 3 N–H and O–H groups in total. The van der Waals surface area contributed by atoms with Crippen molar-refractivity contribution in [1.82, 2.24) is 20.1 Å². The summed E-state index contributed by atoms with van der Waals surface area (Å²) in [4.78, 5) is 14.6. The minimum absolute atomic E-state index is 0.00889. The number of aliphatic hydroxyl groups excluding tert-OH is 1. The van der Waals surface area contributed by atoms with Crippen LogP contribution in [-0.2, 0) is 0 Å². The van der Waals surface area contributed by atoms with Crippen LogP contribution in [-0.4, -0.2) is 44.4 Å². The zero-order chi connectivity index (χ0) is 21.5. The molecule has 0 bridgehead atoms. The number of hydrogen-bond donors (Lipinski definition) is 2. The number of aromatic nitrogens is 4. The van der Waals surface area contributed by atoms with Crippen molar-refractivity contribution >= 4 is 12.0 Å². The molecule has 0 spiro atoms. The maximum atomic E-state index is 9.63. The van der Waals surface area contributed by atoms with Crippen LogP contribution in [0.5, 0.6) is 0 Å². The highest BCUT2D eigenvalue weighted by Crippen LogP contribution is 2.27. The Kier molecular flexibility index (Phi) is 7.35. The van der Waals surface area contributed by atoms with E-state index in [9.17, 15) is 5.11 Å². The number of benzene rings is 1. The molecule has 1 aliphatic heterocycles. The van der Waals surface area contributed by atoms with Gasteiger partial charge < -0.3 is 20.3 Å². The largest absolute Gasteiger partial charge is 0.393 e. The lowest BCUT2D eigenvalue weighted by Crippen LogP contribution is -2.36. The molecule has 0 radical (unpaired) electrons. The summed E-state index contributed by atoms with van der Waals surface area (Å²) >= 11 is 0. The predicted molar refractivity (Wildman–Crippen MR) is 117 cm³/mol. The SMILES string of the molecule is CCC.C[C@H](c1ccc(-c2cnc(N)nc2)cc1)c1noc(N2CCC(O)CC2)n1. The summed E-state index contributed by atoms with van der Waals surface area (Å²) in [7, 11) is 0. The fraction of sp³-hybridized carbons (Fsp3) is 0.455. The van der Waals surface area contributed by atoms with E-state index in [1.54, 1.807) is 12.4 Å². The van der Waals surface area contributed by atoms with Gasteiger partial charge >= 0.3 is 6.01 Å². The van der Waals surface area contributed by atoms with Gasteiger partial charge in [-0.05, 0) is 24.0 Å². The topological polar surface area (TPSA) is 114 Å². The number of anilines is 2. The lowest BCUT2D eigenvalue weighted by Gasteiger charge is -2.27.